The zero-order valence-electron chi connectivity index (χ0n) is 10.8. The maximum atomic E-state index is 2.00. The largest absolute Gasteiger partial charge is 2.00 e. The number of hydrogen-bond donors (Lipinski definition) is 4. The molecule has 0 atom stereocenters. The van der Waals surface area contributed by atoms with Gasteiger partial charge in [0.05, 0.1) is 56.4 Å². The maximum absolute atomic E-state index is 2.00. The van der Waals surface area contributed by atoms with Crippen molar-refractivity contribution < 1.29 is 43.0 Å². The molecular formula is C8H32N4Ti+6. The minimum atomic E-state index is 0. The van der Waals surface area contributed by atoms with Crippen molar-refractivity contribution in [3.05, 3.63) is 0 Å². The van der Waals surface area contributed by atoms with E-state index in [4.69, 9.17) is 0 Å². The molecule has 0 aliphatic heterocycles. The van der Waals surface area contributed by atoms with Crippen molar-refractivity contribution in [1.29, 1.82) is 0 Å². The summed E-state index contributed by atoms with van der Waals surface area (Å²) in [5.74, 6) is 0. The predicted octanol–water partition coefficient (Wildman–Crippen LogP) is -4.76. The molecule has 0 heterocycles. The minimum absolute atomic E-state index is 0. The Hall–Kier alpha value is 0.554. The Morgan fingerprint density at radius 3 is 0.385 bits per heavy atom. The zero-order valence-corrected chi connectivity index (χ0v) is 12.4. The second-order valence-electron chi connectivity index (χ2n) is 2.31. The van der Waals surface area contributed by atoms with Gasteiger partial charge in [0.1, 0.15) is 0 Å². The molecule has 0 unspecified atom stereocenters. The average molecular weight is 232 g/mol. The first kappa shape index (κ1) is 29.2. The Bertz CT molecular complexity index is 24.1. The monoisotopic (exact) mass is 232 g/mol. The second-order valence-corrected chi connectivity index (χ2v) is 2.31. The molecule has 0 saturated heterocycles. The number of hydrogen-bond acceptors (Lipinski definition) is 0. The van der Waals surface area contributed by atoms with Crippen molar-refractivity contribution in [3.63, 3.8) is 0 Å². The van der Waals surface area contributed by atoms with E-state index in [1.807, 2.05) is 77.6 Å². The summed E-state index contributed by atoms with van der Waals surface area (Å²) in [6.45, 7) is 0. The molecule has 0 fully saturated rings. The van der Waals surface area contributed by atoms with E-state index in [1.54, 1.807) is 0 Å². The molecule has 82 valence electrons. The number of nitrogens with two attached hydrogens (primary N) is 4. The summed E-state index contributed by atoms with van der Waals surface area (Å²) < 4.78 is 0. The van der Waals surface area contributed by atoms with E-state index >= 15 is 0 Å². The van der Waals surface area contributed by atoms with Crippen LogP contribution in [-0.2, 0) is 21.7 Å². The molecular weight excluding hydrogens is 200 g/mol. The van der Waals surface area contributed by atoms with Gasteiger partial charge in [0, 0.05) is 0 Å². The van der Waals surface area contributed by atoms with Gasteiger partial charge in [0.15, 0.2) is 0 Å². The molecule has 4 nitrogen and oxygen atoms in total. The van der Waals surface area contributed by atoms with Gasteiger partial charge in [-0.1, -0.05) is 0 Å². The van der Waals surface area contributed by atoms with E-state index in [2.05, 4.69) is 0 Å². The van der Waals surface area contributed by atoms with Gasteiger partial charge >= 0.3 is 21.7 Å². The van der Waals surface area contributed by atoms with E-state index < -0.39 is 0 Å². The van der Waals surface area contributed by atoms with Crippen LogP contribution in [0.15, 0.2) is 0 Å². The molecule has 0 aliphatic carbocycles. The summed E-state index contributed by atoms with van der Waals surface area (Å²) in [4.78, 5) is 0. The smallest absolute Gasteiger partial charge is 0.351 e. The SMILES string of the molecule is C[NH2+]C.C[NH2+]C.C[NH2+]C.C[NH2+]C.[Ti+2]. The van der Waals surface area contributed by atoms with E-state index in [0.29, 0.717) is 0 Å². The normalized spacial score (nSPS) is 5.54. The fraction of sp³-hybridized carbons (Fsp3) is 1.00. The Labute approximate surface area is 99.5 Å². The topological polar surface area (TPSA) is 66.4 Å². The van der Waals surface area contributed by atoms with Crippen molar-refractivity contribution in [2.24, 2.45) is 0 Å². The van der Waals surface area contributed by atoms with Gasteiger partial charge in [0.2, 0.25) is 0 Å². The van der Waals surface area contributed by atoms with Crippen LogP contribution in [0, 0.1) is 0 Å². The molecule has 13 heavy (non-hydrogen) atoms. The van der Waals surface area contributed by atoms with Crippen molar-refractivity contribution in [2.45, 2.75) is 0 Å². The standard InChI is InChI=1S/4C2H7N.Ti/c4*1-3-2;/h4*3H,1-2H3;/q;;;;+2/p+4. The van der Waals surface area contributed by atoms with Crippen LogP contribution in [-0.4, -0.2) is 56.4 Å². The third kappa shape index (κ3) is 4550. The molecule has 8 N–H and O–H groups in total. The van der Waals surface area contributed by atoms with Crippen LogP contribution in [0.25, 0.3) is 0 Å². The molecule has 0 aromatic rings. The van der Waals surface area contributed by atoms with Crippen molar-refractivity contribution in [1.82, 2.24) is 0 Å². The van der Waals surface area contributed by atoms with Crippen molar-refractivity contribution >= 4 is 0 Å². The first-order valence-corrected chi connectivity index (χ1v) is 4.62. The Morgan fingerprint density at radius 1 is 0.385 bits per heavy atom. The van der Waals surface area contributed by atoms with Gasteiger partial charge in [-0.15, -0.1) is 0 Å². The van der Waals surface area contributed by atoms with Crippen LogP contribution >= 0.6 is 0 Å². The fourth-order valence-corrected chi connectivity index (χ4v) is 0. The molecule has 0 saturated carbocycles. The van der Waals surface area contributed by atoms with Crippen molar-refractivity contribution in [2.75, 3.05) is 56.4 Å². The maximum Gasteiger partial charge on any atom is 2.00 e. The van der Waals surface area contributed by atoms with Crippen LogP contribution in [0.5, 0.6) is 0 Å². The van der Waals surface area contributed by atoms with E-state index in [1.165, 1.54) is 0 Å². The third-order valence-electron chi connectivity index (χ3n) is 0. The molecule has 0 rings (SSSR count). The summed E-state index contributed by atoms with van der Waals surface area (Å²) in [6.07, 6.45) is 0. The average Bonchev–Trinajstić information content (AvgIpc) is 1.92. The minimum Gasteiger partial charge on any atom is -0.351 e. The molecule has 0 amide bonds. The van der Waals surface area contributed by atoms with Gasteiger partial charge < -0.3 is 21.3 Å². The first-order valence-electron chi connectivity index (χ1n) is 4.62. The van der Waals surface area contributed by atoms with E-state index in [0.717, 1.165) is 0 Å². The Balaban J connectivity index is -0.0000000213. The van der Waals surface area contributed by atoms with Crippen LogP contribution in [0.2, 0.25) is 0 Å². The fourth-order valence-electron chi connectivity index (χ4n) is 0. The summed E-state index contributed by atoms with van der Waals surface area (Å²) in [7, 11) is 16.0. The third-order valence-corrected chi connectivity index (χ3v) is 0. The molecule has 0 aromatic heterocycles. The summed E-state index contributed by atoms with van der Waals surface area (Å²) in [5.41, 5.74) is 0. The second kappa shape index (κ2) is 80.8. The quantitative estimate of drug-likeness (QED) is 0.303. The summed E-state index contributed by atoms with van der Waals surface area (Å²) >= 11 is 0. The molecule has 5 heteroatoms. The van der Waals surface area contributed by atoms with Crippen LogP contribution in [0.3, 0.4) is 0 Å². The van der Waals surface area contributed by atoms with Crippen LogP contribution in [0.4, 0.5) is 0 Å². The first-order chi connectivity index (χ1) is 5.66. The molecule has 0 bridgehead atoms. The van der Waals surface area contributed by atoms with Gasteiger partial charge in [-0.3, -0.25) is 0 Å². The van der Waals surface area contributed by atoms with E-state index in [9.17, 15) is 0 Å². The number of rotatable bonds is 0. The predicted molar refractivity (Wildman–Crippen MR) is 55.1 cm³/mol. The molecule has 0 aromatic carbocycles. The summed E-state index contributed by atoms with van der Waals surface area (Å²) in [6, 6.07) is 0. The van der Waals surface area contributed by atoms with Crippen LogP contribution in [0.1, 0.15) is 0 Å². The molecule has 0 spiro atoms. The number of quaternary nitrogens is 4. The zero-order chi connectivity index (χ0) is 10.8. The Morgan fingerprint density at radius 2 is 0.385 bits per heavy atom. The van der Waals surface area contributed by atoms with Gasteiger partial charge in [-0.05, 0) is 0 Å². The van der Waals surface area contributed by atoms with Gasteiger partial charge in [-0.25, -0.2) is 0 Å². The van der Waals surface area contributed by atoms with Gasteiger partial charge in [-0.2, -0.15) is 0 Å². The van der Waals surface area contributed by atoms with Crippen molar-refractivity contribution in [3.8, 4) is 0 Å². The molecule has 0 radical (unpaired) electrons. The Kier molecular flexibility index (Phi) is 181. The molecule has 0 aliphatic rings. The van der Waals surface area contributed by atoms with E-state index in [-0.39, 0.29) is 21.7 Å². The summed E-state index contributed by atoms with van der Waals surface area (Å²) in [5, 5.41) is 8.00. The van der Waals surface area contributed by atoms with Crippen LogP contribution < -0.4 is 21.3 Å². The van der Waals surface area contributed by atoms with Gasteiger partial charge in [0.25, 0.3) is 0 Å².